The Balaban J connectivity index is 1.32. The molecular formula is C37H39N3O7. The molecule has 0 aliphatic rings. The highest BCUT2D eigenvalue weighted by atomic mass is 16.5. The number of ether oxygens (including phenoxy) is 2. The number of carboxylic acids is 1. The molecule has 4 aromatic rings. The van der Waals surface area contributed by atoms with E-state index >= 15 is 0 Å². The van der Waals surface area contributed by atoms with Gasteiger partial charge >= 0.3 is 11.9 Å². The molecule has 0 heterocycles. The molecule has 0 atom stereocenters. The second-order valence-electron chi connectivity index (χ2n) is 11.0. The van der Waals surface area contributed by atoms with E-state index in [-0.39, 0.29) is 24.4 Å². The zero-order valence-corrected chi connectivity index (χ0v) is 26.5. The van der Waals surface area contributed by atoms with E-state index in [0.717, 1.165) is 37.1 Å². The summed E-state index contributed by atoms with van der Waals surface area (Å²) < 4.78 is 10.6. The van der Waals surface area contributed by atoms with Crippen molar-refractivity contribution in [3.8, 4) is 11.5 Å². The molecule has 0 aromatic heterocycles. The number of hydrogen-bond donors (Lipinski definition) is 3. The van der Waals surface area contributed by atoms with Crippen LogP contribution in [-0.4, -0.2) is 54.0 Å². The number of amides is 2. The van der Waals surface area contributed by atoms with Gasteiger partial charge < -0.3 is 30.1 Å². The first-order valence-electron chi connectivity index (χ1n) is 15.4. The maximum Gasteiger partial charge on any atom is 0.343 e. The number of hydrogen-bond acceptors (Lipinski definition) is 7. The van der Waals surface area contributed by atoms with Gasteiger partial charge in [-0.15, -0.1) is 0 Å². The zero-order chi connectivity index (χ0) is 33.6. The van der Waals surface area contributed by atoms with Crippen molar-refractivity contribution in [2.24, 2.45) is 0 Å². The topological polar surface area (TPSA) is 134 Å². The summed E-state index contributed by atoms with van der Waals surface area (Å²) in [7, 11) is 1.57. The second-order valence-corrected chi connectivity index (χ2v) is 11.0. The van der Waals surface area contributed by atoms with E-state index < -0.39 is 24.4 Å². The van der Waals surface area contributed by atoms with Crippen LogP contribution in [0.1, 0.15) is 58.0 Å². The highest BCUT2D eigenvalue weighted by Crippen LogP contribution is 2.19. The number of unbranched alkanes of at least 4 members (excludes halogenated alkanes) is 2. The summed E-state index contributed by atoms with van der Waals surface area (Å²) in [5, 5.41) is 15.6. The van der Waals surface area contributed by atoms with Gasteiger partial charge in [0.05, 0.1) is 19.1 Å². The molecule has 0 aliphatic carbocycles. The van der Waals surface area contributed by atoms with Crippen molar-refractivity contribution in [2.75, 3.05) is 30.8 Å². The average molecular weight is 638 g/mol. The van der Waals surface area contributed by atoms with Crippen molar-refractivity contribution in [1.82, 2.24) is 4.90 Å². The minimum absolute atomic E-state index is 0.0203. The molecule has 2 amide bonds. The van der Waals surface area contributed by atoms with Gasteiger partial charge in [0.15, 0.2) is 0 Å². The van der Waals surface area contributed by atoms with Gasteiger partial charge in [-0.25, -0.2) is 4.79 Å². The highest BCUT2D eigenvalue weighted by molar-refractivity contribution is 5.97. The third kappa shape index (κ3) is 10.7. The highest BCUT2D eigenvalue weighted by Gasteiger charge is 2.20. The van der Waals surface area contributed by atoms with E-state index in [0.29, 0.717) is 28.3 Å². The van der Waals surface area contributed by atoms with Crippen molar-refractivity contribution in [2.45, 2.75) is 39.2 Å². The molecule has 10 nitrogen and oxygen atoms in total. The van der Waals surface area contributed by atoms with Crippen LogP contribution in [0.3, 0.4) is 0 Å². The quantitative estimate of drug-likeness (QED) is 0.0728. The molecule has 10 heteroatoms. The summed E-state index contributed by atoms with van der Waals surface area (Å²) in [5.74, 6) is -1.35. The fraction of sp³-hybridized carbons (Fsp3) is 0.243. The molecule has 3 N–H and O–H groups in total. The molecule has 0 aliphatic heterocycles. The number of rotatable bonds is 16. The molecule has 0 saturated heterocycles. The van der Waals surface area contributed by atoms with Gasteiger partial charge in [0.2, 0.25) is 5.91 Å². The van der Waals surface area contributed by atoms with E-state index in [4.69, 9.17) is 9.47 Å². The molecule has 0 bridgehead atoms. The summed E-state index contributed by atoms with van der Waals surface area (Å²) in [4.78, 5) is 51.2. The number of carbonyl (C=O) groups is 4. The zero-order valence-electron chi connectivity index (χ0n) is 26.5. The number of methoxy groups -OCH3 is 1. The van der Waals surface area contributed by atoms with Crippen molar-refractivity contribution < 1.29 is 33.8 Å². The molecule has 0 saturated carbocycles. The maximum absolute atomic E-state index is 13.3. The normalized spacial score (nSPS) is 10.5. The molecule has 0 spiro atoms. The van der Waals surface area contributed by atoms with Crippen molar-refractivity contribution >= 4 is 35.1 Å². The third-order valence-electron chi connectivity index (χ3n) is 7.29. The maximum atomic E-state index is 13.3. The van der Waals surface area contributed by atoms with Gasteiger partial charge in [0.25, 0.3) is 5.91 Å². The lowest BCUT2D eigenvalue weighted by atomic mass is 10.1. The first kappa shape index (κ1) is 34.2. The van der Waals surface area contributed by atoms with Gasteiger partial charge in [-0.2, -0.15) is 0 Å². The van der Waals surface area contributed by atoms with Gasteiger partial charge in [-0.05, 0) is 90.3 Å². The minimum Gasteiger partial charge on any atom is -0.497 e. The average Bonchev–Trinajstić information content (AvgIpc) is 3.07. The number of carbonyl (C=O) groups excluding carboxylic acids is 3. The van der Waals surface area contributed by atoms with Crippen molar-refractivity contribution in [1.29, 1.82) is 0 Å². The number of nitrogens with one attached hydrogen (secondary N) is 2. The number of anilines is 2. The number of nitrogens with zero attached hydrogens (tertiary/aromatic N) is 1. The van der Waals surface area contributed by atoms with Crippen molar-refractivity contribution in [3.05, 3.63) is 119 Å². The Morgan fingerprint density at radius 1 is 0.723 bits per heavy atom. The molecule has 0 radical (unpaired) electrons. The minimum atomic E-state index is -1.16. The van der Waals surface area contributed by atoms with Gasteiger partial charge in [0.1, 0.15) is 18.0 Å². The van der Waals surface area contributed by atoms with Crippen LogP contribution in [0.2, 0.25) is 0 Å². The summed E-state index contributed by atoms with van der Waals surface area (Å²) in [6.07, 6.45) is 3.56. The van der Waals surface area contributed by atoms with Gasteiger partial charge in [-0.3, -0.25) is 14.4 Å². The number of aliphatic carboxylic acids is 1. The summed E-state index contributed by atoms with van der Waals surface area (Å²) in [5.41, 5.74) is 3.60. The van der Waals surface area contributed by atoms with Crippen LogP contribution >= 0.6 is 0 Å². The molecule has 0 unspecified atom stereocenters. The van der Waals surface area contributed by atoms with Crippen LogP contribution in [0.5, 0.6) is 11.5 Å². The number of carboxylic acid groups (broad SMARTS) is 1. The Morgan fingerprint density at radius 3 is 1.94 bits per heavy atom. The lowest BCUT2D eigenvalue weighted by Gasteiger charge is -2.21. The SMILES string of the molecule is CCCCCNc1ccc(C(=O)Oc2ccc(CN(CC(=O)O)C(=O)c3ccc(NC(=O)Cc4ccc(OC)cc4)cc3)cc2)cc1. The lowest BCUT2D eigenvalue weighted by Crippen LogP contribution is -2.35. The fourth-order valence-corrected chi connectivity index (χ4v) is 4.76. The number of esters is 1. The van der Waals surface area contributed by atoms with Crippen LogP contribution in [0, 0.1) is 0 Å². The fourth-order valence-electron chi connectivity index (χ4n) is 4.76. The number of benzene rings is 4. The van der Waals surface area contributed by atoms with E-state index in [1.165, 1.54) is 17.0 Å². The van der Waals surface area contributed by atoms with Gasteiger partial charge in [-0.1, -0.05) is 44.0 Å². The van der Waals surface area contributed by atoms with E-state index in [2.05, 4.69) is 17.6 Å². The molecular weight excluding hydrogens is 598 g/mol. The third-order valence-corrected chi connectivity index (χ3v) is 7.29. The first-order valence-corrected chi connectivity index (χ1v) is 15.4. The predicted molar refractivity (Wildman–Crippen MR) is 180 cm³/mol. The largest absolute Gasteiger partial charge is 0.497 e. The summed E-state index contributed by atoms with van der Waals surface area (Å²) in [6, 6.07) is 27.1. The Bertz CT molecular complexity index is 1640. The van der Waals surface area contributed by atoms with Crippen LogP contribution in [-0.2, 0) is 22.6 Å². The Kier molecular flexibility index (Phi) is 12.5. The standard InChI is InChI=1S/C37H39N3O7/c1-3-4-5-22-38-30-14-12-29(13-15-30)37(45)47-33-20-8-27(9-21-33)24-40(25-35(42)43)36(44)28-10-16-31(17-11-28)39-34(41)23-26-6-18-32(46-2)19-7-26/h6-21,38H,3-5,22-25H2,1-2H3,(H,39,41)(H,42,43). The summed E-state index contributed by atoms with van der Waals surface area (Å²) in [6.45, 7) is 2.53. The monoisotopic (exact) mass is 637 g/mol. The Hall–Kier alpha value is -5.64. The van der Waals surface area contributed by atoms with Gasteiger partial charge in [0, 0.05) is 30.0 Å². The Morgan fingerprint density at radius 2 is 1.32 bits per heavy atom. The van der Waals surface area contributed by atoms with Crippen molar-refractivity contribution in [3.63, 3.8) is 0 Å². The van der Waals surface area contributed by atoms with Crippen LogP contribution in [0.15, 0.2) is 97.1 Å². The molecule has 0 fully saturated rings. The Labute approximate surface area is 274 Å². The van der Waals surface area contributed by atoms with Crippen LogP contribution in [0.25, 0.3) is 0 Å². The molecule has 4 aromatic carbocycles. The lowest BCUT2D eigenvalue weighted by molar-refractivity contribution is -0.137. The smallest absolute Gasteiger partial charge is 0.343 e. The molecule has 4 rings (SSSR count). The van der Waals surface area contributed by atoms with Crippen LogP contribution in [0.4, 0.5) is 11.4 Å². The van der Waals surface area contributed by atoms with E-state index in [1.54, 1.807) is 67.8 Å². The molecule has 244 valence electrons. The molecule has 47 heavy (non-hydrogen) atoms. The summed E-state index contributed by atoms with van der Waals surface area (Å²) >= 11 is 0. The van der Waals surface area contributed by atoms with E-state index in [1.807, 2.05) is 24.3 Å². The second kappa shape index (κ2) is 17.2. The predicted octanol–water partition coefficient (Wildman–Crippen LogP) is 6.42. The van der Waals surface area contributed by atoms with E-state index in [9.17, 15) is 24.3 Å². The van der Waals surface area contributed by atoms with Crippen LogP contribution < -0.4 is 20.1 Å². The first-order chi connectivity index (χ1) is 22.7.